The standard InChI is InChI=1S/C11H11N3O3.C7H9N/c1-17-11(16)9-10(15)14(13-12-9)7-8-5-3-2-4-6-8;8-6-7-4-2-1-3-5-7/h2-6,15H,7H2,1H3;1-5H,6,8H2. The van der Waals surface area contributed by atoms with Crippen molar-refractivity contribution in [2.75, 3.05) is 7.11 Å². The lowest BCUT2D eigenvalue weighted by Gasteiger charge is -2.10. The molecule has 3 aromatic rings. The second-order valence-electron chi connectivity index (χ2n) is 5.11. The van der Waals surface area contributed by atoms with Crippen LogP contribution in [0.5, 0.6) is 5.88 Å². The molecule has 1 aromatic heterocycles. The molecular formula is C18H20N4O3. The van der Waals surface area contributed by atoms with Crippen molar-refractivity contribution in [3.63, 3.8) is 0 Å². The lowest BCUT2D eigenvalue weighted by Crippen LogP contribution is -2.47. The van der Waals surface area contributed by atoms with Crippen molar-refractivity contribution in [2.45, 2.75) is 13.1 Å². The monoisotopic (exact) mass is 340 g/mol. The molecule has 0 saturated carbocycles. The Morgan fingerprint density at radius 3 is 2.12 bits per heavy atom. The molecule has 1 heterocycles. The maximum absolute atomic E-state index is 11.7. The van der Waals surface area contributed by atoms with E-state index in [1.165, 1.54) is 12.7 Å². The number of rotatable bonds is 4. The van der Waals surface area contributed by atoms with Crippen LogP contribution in [-0.4, -0.2) is 28.1 Å². The van der Waals surface area contributed by atoms with Gasteiger partial charge in [0.1, 0.15) is 0 Å². The summed E-state index contributed by atoms with van der Waals surface area (Å²) in [7, 11) is 1.19. The van der Waals surface area contributed by atoms with Gasteiger partial charge in [0, 0.05) is 11.4 Å². The predicted octanol–water partition coefficient (Wildman–Crippen LogP) is 0.615. The first-order valence-corrected chi connectivity index (χ1v) is 7.71. The van der Waals surface area contributed by atoms with E-state index in [0.717, 1.165) is 16.8 Å². The van der Waals surface area contributed by atoms with Crippen LogP contribution in [-0.2, 0) is 17.8 Å². The number of carbonyl (C=O) groups is 1. The summed E-state index contributed by atoms with van der Waals surface area (Å²) in [5, 5.41) is 18.9. The van der Waals surface area contributed by atoms with E-state index in [-0.39, 0.29) is 12.2 Å². The highest BCUT2D eigenvalue weighted by Gasteiger charge is 2.13. The van der Waals surface area contributed by atoms with Crippen LogP contribution in [0.15, 0.2) is 60.7 Å². The number of hydrogen-bond acceptors (Lipinski definition) is 5. The van der Waals surface area contributed by atoms with Crippen LogP contribution in [0.25, 0.3) is 0 Å². The zero-order valence-electron chi connectivity index (χ0n) is 14.0. The van der Waals surface area contributed by atoms with Gasteiger partial charge in [-0.1, -0.05) is 65.9 Å². The highest BCUT2D eigenvalue weighted by atomic mass is 16.5. The van der Waals surface area contributed by atoms with Crippen LogP contribution in [0.3, 0.4) is 0 Å². The largest absolute Gasteiger partial charge is 0.857 e. The Kier molecular flexibility index (Phi) is 6.67. The molecule has 3 rings (SSSR count). The molecule has 130 valence electrons. The van der Waals surface area contributed by atoms with E-state index in [1.807, 2.05) is 48.5 Å². The first-order chi connectivity index (χ1) is 12.2. The average molecular weight is 340 g/mol. The topological polar surface area (TPSA) is 108 Å². The number of nitrogens with zero attached hydrogens (tertiary/aromatic N) is 3. The summed E-state index contributed by atoms with van der Waals surface area (Å²) in [6, 6.07) is 19.5. The Labute approximate surface area is 145 Å². The number of esters is 1. The summed E-state index contributed by atoms with van der Waals surface area (Å²) in [6.45, 7) is 1.17. The van der Waals surface area contributed by atoms with Gasteiger partial charge in [0.2, 0.25) is 0 Å². The average Bonchev–Trinajstić information content (AvgIpc) is 3.03. The highest BCUT2D eigenvalue weighted by molar-refractivity contribution is 5.89. The van der Waals surface area contributed by atoms with Gasteiger partial charge in [0.05, 0.1) is 20.2 Å². The molecule has 0 fully saturated rings. The van der Waals surface area contributed by atoms with Crippen LogP contribution in [0.1, 0.15) is 21.6 Å². The summed E-state index contributed by atoms with van der Waals surface area (Å²) in [4.78, 5) is 11.2. The van der Waals surface area contributed by atoms with Gasteiger partial charge in [-0.2, -0.15) is 0 Å². The number of quaternary nitrogens is 1. The summed E-state index contributed by atoms with van der Waals surface area (Å²) in [5.41, 5.74) is 5.67. The van der Waals surface area contributed by atoms with Crippen molar-refractivity contribution >= 4 is 5.97 Å². The third-order valence-electron chi connectivity index (χ3n) is 3.38. The predicted molar refractivity (Wildman–Crippen MR) is 89.4 cm³/mol. The van der Waals surface area contributed by atoms with Gasteiger partial charge in [0.15, 0.2) is 5.69 Å². The lowest BCUT2D eigenvalue weighted by atomic mass is 10.2. The highest BCUT2D eigenvalue weighted by Crippen LogP contribution is 2.12. The number of carbonyl (C=O) groups excluding carboxylic acids is 1. The van der Waals surface area contributed by atoms with Crippen LogP contribution >= 0.6 is 0 Å². The molecule has 7 nitrogen and oxygen atoms in total. The number of benzene rings is 2. The van der Waals surface area contributed by atoms with Crippen molar-refractivity contribution in [2.24, 2.45) is 0 Å². The summed E-state index contributed by atoms with van der Waals surface area (Å²) in [6.07, 6.45) is 0. The molecular weight excluding hydrogens is 320 g/mol. The molecule has 0 unspecified atom stereocenters. The van der Waals surface area contributed by atoms with Gasteiger partial charge < -0.3 is 15.6 Å². The number of hydrogen-bond donors (Lipinski definition) is 1. The van der Waals surface area contributed by atoms with Crippen LogP contribution in [0.2, 0.25) is 0 Å². The smallest absolute Gasteiger partial charge is 0.359 e. The van der Waals surface area contributed by atoms with Crippen LogP contribution in [0, 0.1) is 0 Å². The molecule has 3 N–H and O–H groups in total. The number of ether oxygens (including phenoxy) is 1. The lowest BCUT2D eigenvalue weighted by molar-refractivity contribution is -0.386. The number of aromatic nitrogens is 3. The maximum atomic E-state index is 11.7. The Hall–Kier alpha value is -3.19. The quantitative estimate of drug-likeness (QED) is 0.700. The SMILES string of the molecule is COC(=O)c1nnn(Cc2ccccc2)c1[O-].[NH3+]Cc1ccccc1. The van der Waals surface area contributed by atoms with E-state index in [2.05, 4.69) is 32.9 Å². The molecule has 0 aliphatic rings. The first-order valence-electron chi connectivity index (χ1n) is 7.71. The molecule has 0 saturated heterocycles. The van der Waals surface area contributed by atoms with Crippen molar-refractivity contribution in [3.05, 3.63) is 77.5 Å². The fourth-order valence-corrected chi connectivity index (χ4v) is 2.03. The minimum absolute atomic E-state index is 0.281. The fraction of sp³-hybridized carbons (Fsp3) is 0.167. The summed E-state index contributed by atoms with van der Waals surface area (Å²) >= 11 is 0. The minimum Gasteiger partial charge on any atom is -0.857 e. The second-order valence-corrected chi connectivity index (χ2v) is 5.11. The van der Waals surface area contributed by atoms with Crippen molar-refractivity contribution in [1.29, 1.82) is 0 Å². The van der Waals surface area contributed by atoms with E-state index in [0.29, 0.717) is 0 Å². The Bertz CT molecular complexity index is 789. The van der Waals surface area contributed by atoms with Gasteiger partial charge in [-0.05, 0) is 5.56 Å². The van der Waals surface area contributed by atoms with Gasteiger partial charge in [-0.15, -0.1) is 5.10 Å². The number of methoxy groups -OCH3 is 1. The molecule has 0 bridgehead atoms. The second kappa shape index (κ2) is 9.19. The zero-order valence-corrected chi connectivity index (χ0v) is 14.0. The third-order valence-corrected chi connectivity index (χ3v) is 3.38. The Morgan fingerprint density at radius 2 is 1.64 bits per heavy atom. The Morgan fingerprint density at radius 1 is 1.08 bits per heavy atom. The molecule has 25 heavy (non-hydrogen) atoms. The Balaban J connectivity index is 0.000000236. The minimum atomic E-state index is -0.769. The first kappa shape index (κ1) is 18.2. The normalized spacial score (nSPS) is 9.84. The summed E-state index contributed by atoms with van der Waals surface area (Å²) in [5.74, 6) is -1.31. The van der Waals surface area contributed by atoms with Crippen molar-refractivity contribution < 1.29 is 20.4 Å². The van der Waals surface area contributed by atoms with Gasteiger partial charge in [-0.25, -0.2) is 4.79 Å². The van der Waals surface area contributed by atoms with Crippen LogP contribution < -0.4 is 10.8 Å². The molecule has 7 heteroatoms. The zero-order chi connectivity index (χ0) is 18.1. The molecule has 0 aliphatic carbocycles. The van der Waals surface area contributed by atoms with E-state index in [9.17, 15) is 9.90 Å². The van der Waals surface area contributed by atoms with Gasteiger partial charge in [0.25, 0.3) is 0 Å². The molecule has 0 spiro atoms. The van der Waals surface area contributed by atoms with E-state index < -0.39 is 11.8 Å². The van der Waals surface area contributed by atoms with Gasteiger partial charge >= 0.3 is 5.97 Å². The maximum Gasteiger partial charge on any atom is 0.359 e. The molecule has 0 radical (unpaired) electrons. The molecule has 2 aromatic carbocycles. The van der Waals surface area contributed by atoms with E-state index in [4.69, 9.17) is 0 Å². The van der Waals surface area contributed by atoms with Gasteiger partial charge in [-0.3, -0.25) is 4.68 Å². The van der Waals surface area contributed by atoms with Crippen molar-refractivity contribution in [3.8, 4) is 5.88 Å². The molecule has 0 amide bonds. The van der Waals surface area contributed by atoms with Crippen LogP contribution in [0.4, 0.5) is 0 Å². The van der Waals surface area contributed by atoms with Crippen molar-refractivity contribution in [1.82, 2.24) is 15.0 Å². The molecule has 0 atom stereocenters. The molecule has 0 aliphatic heterocycles. The fourth-order valence-electron chi connectivity index (χ4n) is 2.03. The van der Waals surface area contributed by atoms with E-state index >= 15 is 0 Å². The summed E-state index contributed by atoms with van der Waals surface area (Å²) < 4.78 is 5.55. The van der Waals surface area contributed by atoms with E-state index in [1.54, 1.807) is 0 Å². The third kappa shape index (κ3) is 5.15.